The second kappa shape index (κ2) is 7.80. The van der Waals surface area contributed by atoms with E-state index in [-0.39, 0.29) is 24.8 Å². The molecule has 0 spiro atoms. The molecule has 6 heteroatoms. The van der Waals surface area contributed by atoms with Gasteiger partial charge in [0.05, 0.1) is 38.1 Å². The first-order valence-corrected chi connectivity index (χ1v) is 9.03. The van der Waals surface area contributed by atoms with Crippen LogP contribution < -0.4 is 4.74 Å². The molecule has 0 saturated carbocycles. The Hall–Kier alpha value is -2.86. The van der Waals surface area contributed by atoms with Crippen LogP contribution in [0.25, 0.3) is 5.57 Å². The van der Waals surface area contributed by atoms with E-state index < -0.39 is 0 Å². The topological polar surface area (TPSA) is 60.9 Å². The van der Waals surface area contributed by atoms with Crippen molar-refractivity contribution in [2.24, 2.45) is 0 Å². The van der Waals surface area contributed by atoms with Crippen molar-refractivity contribution >= 4 is 11.7 Å². The number of ether oxygens (including phenoxy) is 3. The first-order valence-electron chi connectivity index (χ1n) is 9.03. The van der Waals surface area contributed by atoms with Gasteiger partial charge in [0.2, 0.25) is 5.88 Å². The fourth-order valence-corrected chi connectivity index (χ4v) is 3.57. The molecule has 6 nitrogen and oxygen atoms in total. The van der Waals surface area contributed by atoms with Crippen LogP contribution in [0.4, 0.5) is 4.79 Å². The van der Waals surface area contributed by atoms with Gasteiger partial charge in [-0.2, -0.15) is 0 Å². The van der Waals surface area contributed by atoms with Crippen LogP contribution in [0, 0.1) is 0 Å². The van der Waals surface area contributed by atoms with Crippen LogP contribution in [0.5, 0.6) is 5.88 Å². The zero-order valence-electron chi connectivity index (χ0n) is 15.2. The fraction of sp³-hybridized carbons (Fsp3) is 0.333. The van der Waals surface area contributed by atoms with Gasteiger partial charge >= 0.3 is 6.09 Å². The Morgan fingerprint density at radius 2 is 2.04 bits per heavy atom. The summed E-state index contributed by atoms with van der Waals surface area (Å²) >= 11 is 0. The maximum atomic E-state index is 12.7. The number of carbonyl (C=O) groups excluding carboxylic acids is 1. The van der Waals surface area contributed by atoms with Crippen LogP contribution in [0.3, 0.4) is 0 Å². The van der Waals surface area contributed by atoms with Gasteiger partial charge in [-0.3, -0.25) is 4.90 Å². The number of morpholine rings is 1. The number of aromatic nitrogens is 1. The molecule has 2 aliphatic heterocycles. The van der Waals surface area contributed by atoms with E-state index in [1.54, 1.807) is 12.0 Å². The Morgan fingerprint density at radius 3 is 2.81 bits per heavy atom. The van der Waals surface area contributed by atoms with Crippen LogP contribution in [-0.4, -0.2) is 48.4 Å². The average Bonchev–Trinajstić information content (AvgIpc) is 2.72. The predicted molar refractivity (Wildman–Crippen MR) is 100 cm³/mol. The van der Waals surface area contributed by atoms with Crippen molar-refractivity contribution in [3.8, 4) is 5.88 Å². The molecule has 2 bridgehead atoms. The van der Waals surface area contributed by atoms with Gasteiger partial charge in [-0.1, -0.05) is 42.5 Å². The summed E-state index contributed by atoms with van der Waals surface area (Å²) in [6, 6.07) is 15.2. The van der Waals surface area contributed by atoms with Gasteiger partial charge in [-0.25, -0.2) is 9.78 Å². The van der Waals surface area contributed by atoms with Crippen molar-refractivity contribution in [1.82, 2.24) is 9.88 Å². The van der Waals surface area contributed by atoms with Crippen molar-refractivity contribution < 1.29 is 19.0 Å². The van der Waals surface area contributed by atoms with Gasteiger partial charge < -0.3 is 14.2 Å². The number of methoxy groups -OCH3 is 1. The van der Waals surface area contributed by atoms with Crippen LogP contribution >= 0.6 is 0 Å². The van der Waals surface area contributed by atoms with E-state index in [2.05, 4.69) is 11.1 Å². The second-order valence-electron chi connectivity index (χ2n) is 6.67. The van der Waals surface area contributed by atoms with Gasteiger partial charge in [0, 0.05) is 6.07 Å². The molecular formula is C21H22N2O4. The van der Waals surface area contributed by atoms with E-state index >= 15 is 0 Å². The molecule has 1 aromatic carbocycles. The van der Waals surface area contributed by atoms with Gasteiger partial charge in [0.1, 0.15) is 6.61 Å². The third-order valence-electron chi connectivity index (χ3n) is 4.88. The molecule has 27 heavy (non-hydrogen) atoms. The highest BCUT2D eigenvalue weighted by Crippen LogP contribution is 2.32. The molecule has 1 aromatic heterocycles. The number of benzene rings is 1. The van der Waals surface area contributed by atoms with Crippen molar-refractivity contribution in [2.75, 3.05) is 20.3 Å². The monoisotopic (exact) mass is 366 g/mol. The number of amides is 1. The third-order valence-corrected chi connectivity index (χ3v) is 4.88. The summed E-state index contributed by atoms with van der Waals surface area (Å²) in [5, 5.41) is 0. The maximum absolute atomic E-state index is 12.7. The van der Waals surface area contributed by atoms with E-state index in [4.69, 9.17) is 14.2 Å². The van der Waals surface area contributed by atoms with E-state index in [0.29, 0.717) is 25.5 Å². The highest BCUT2D eigenvalue weighted by Gasteiger charge is 2.39. The van der Waals surface area contributed by atoms with Crippen LogP contribution in [-0.2, 0) is 16.1 Å². The number of rotatable bonds is 4. The normalized spacial score (nSPS) is 21.4. The van der Waals surface area contributed by atoms with Crippen molar-refractivity contribution in [3.63, 3.8) is 0 Å². The number of carbonyl (C=O) groups is 1. The van der Waals surface area contributed by atoms with Crippen LogP contribution in [0.15, 0.2) is 54.6 Å². The van der Waals surface area contributed by atoms with Gasteiger partial charge in [0.25, 0.3) is 0 Å². The smallest absolute Gasteiger partial charge is 0.411 e. The molecule has 1 amide bonds. The Balaban J connectivity index is 1.50. The third kappa shape index (κ3) is 3.80. The molecule has 140 valence electrons. The summed E-state index contributed by atoms with van der Waals surface area (Å²) in [5.41, 5.74) is 2.96. The molecule has 2 aliphatic rings. The molecule has 0 aliphatic carbocycles. The van der Waals surface area contributed by atoms with E-state index in [1.165, 1.54) is 0 Å². The largest absolute Gasteiger partial charge is 0.481 e. The summed E-state index contributed by atoms with van der Waals surface area (Å²) in [7, 11) is 1.61. The van der Waals surface area contributed by atoms with Gasteiger partial charge in [0.15, 0.2) is 0 Å². The molecule has 0 radical (unpaired) electrons. The summed E-state index contributed by atoms with van der Waals surface area (Å²) in [6.45, 7) is 1.23. The number of pyridine rings is 1. The lowest BCUT2D eigenvalue weighted by atomic mass is 9.92. The standard InChI is InChI=1S/C21H22N2O4/c1-25-20-9-5-8-19(22-20)16-10-17-13-26-14-18(11-16)23(17)21(24)27-12-15-6-3-2-4-7-15/h2-10,17-18H,11-14H2,1H3. The Morgan fingerprint density at radius 1 is 1.19 bits per heavy atom. The lowest BCUT2D eigenvalue weighted by Crippen LogP contribution is -2.56. The highest BCUT2D eigenvalue weighted by atomic mass is 16.6. The van der Waals surface area contributed by atoms with Crippen molar-refractivity contribution in [3.05, 3.63) is 65.9 Å². The Labute approximate surface area is 158 Å². The lowest BCUT2D eigenvalue weighted by molar-refractivity contribution is -0.0342. The average molecular weight is 366 g/mol. The maximum Gasteiger partial charge on any atom is 0.411 e. The molecule has 2 atom stereocenters. The molecule has 4 rings (SSSR count). The first-order chi connectivity index (χ1) is 13.2. The number of fused-ring (bicyclic) bond motifs is 2. The van der Waals surface area contributed by atoms with Crippen molar-refractivity contribution in [2.45, 2.75) is 25.1 Å². The number of hydrogen-bond donors (Lipinski definition) is 0. The van der Waals surface area contributed by atoms with E-state index in [9.17, 15) is 4.79 Å². The van der Waals surface area contributed by atoms with Crippen LogP contribution in [0.1, 0.15) is 17.7 Å². The molecule has 2 unspecified atom stereocenters. The minimum absolute atomic E-state index is 0.0555. The summed E-state index contributed by atoms with van der Waals surface area (Å²) in [4.78, 5) is 19.0. The molecule has 2 aromatic rings. The van der Waals surface area contributed by atoms with E-state index in [0.717, 1.165) is 16.8 Å². The predicted octanol–water partition coefficient (Wildman–Crippen LogP) is 3.28. The summed E-state index contributed by atoms with van der Waals surface area (Å²) in [6.07, 6.45) is 2.43. The zero-order chi connectivity index (χ0) is 18.6. The molecule has 1 saturated heterocycles. The molecular weight excluding hydrogens is 344 g/mol. The zero-order valence-corrected chi connectivity index (χ0v) is 15.2. The number of nitrogens with zero attached hydrogens (tertiary/aromatic N) is 2. The summed E-state index contributed by atoms with van der Waals surface area (Å²) < 4.78 is 16.4. The highest BCUT2D eigenvalue weighted by molar-refractivity contribution is 5.73. The minimum Gasteiger partial charge on any atom is -0.481 e. The second-order valence-corrected chi connectivity index (χ2v) is 6.67. The molecule has 0 N–H and O–H groups in total. The van der Waals surface area contributed by atoms with Gasteiger partial charge in [-0.05, 0) is 23.6 Å². The van der Waals surface area contributed by atoms with Crippen LogP contribution in [0.2, 0.25) is 0 Å². The van der Waals surface area contributed by atoms with E-state index in [1.807, 2.05) is 48.5 Å². The molecule has 1 fully saturated rings. The van der Waals surface area contributed by atoms with Crippen molar-refractivity contribution in [1.29, 1.82) is 0 Å². The Bertz CT molecular complexity index is 837. The van der Waals surface area contributed by atoms with Gasteiger partial charge in [-0.15, -0.1) is 0 Å². The SMILES string of the molecule is COc1cccc(C2=CC3COCC(C2)N3C(=O)OCc2ccccc2)n1. The lowest BCUT2D eigenvalue weighted by Gasteiger charge is -2.43. The summed E-state index contributed by atoms with van der Waals surface area (Å²) in [5.74, 6) is 0.583. The minimum atomic E-state index is -0.300. The quantitative estimate of drug-likeness (QED) is 0.831. The fourth-order valence-electron chi connectivity index (χ4n) is 3.57. The molecule has 3 heterocycles. The number of hydrogen-bond acceptors (Lipinski definition) is 5. The Kier molecular flexibility index (Phi) is 5.07. The first kappa shape index (κ1) is 17.5.